The number of aryl methyl sites for hydroxylation is 2. The van der Waals surface area contributed by atoms with Crippen LogP contribution in [0.25, 0.3) is 0 Å². The van der Waals surface area contributed by atoms with Crippen LogP contribution in [-0.2, 0) is 0 Å². The average Bonchev–Trinajstić information content (AvgIpc) is 2.31. The summed E-state index contributed by atoms with van der Waals surface area (Å²) in [6.45, 7) is 6.54. The Balaban J connectivity index is 2.45. The SMILES string of the molecule is Cc1ccc(OC[C@@H](C)N=CNC#N)cc1C. The van der Waals surface area contributed by atoms with Gasteiger partial charge in [0, 0.05) is 0 Å². The number of nitrogens with zero attached hydrogens (tertiary/aromatic N) is 2. The number of benzene rings is 1. The summed E-state index contributed by atoms with van der Waals surface area (Å²) < 4.78 is 5.61. The van der Waals surface area contributed by atoms with Gasteiger partial charge in [0.05, 0.1) is 12.4 Å². The summed E-state index contributed by atoms with van der Waals surface area (Å²) in [6.07, 6.45) is 3.15. The van der Waals surface area contributed by atoms with Gasteiger partial charge >= 0.3 is 0 Å². The lowest BCUT2D eigenvalue weighted by atomic mass is 10.1. The van der Waals surface area contributed by atoms with E-state index >= 15 is 0 Å². The highest BCUT2D eigenvalue weighted by molar-refractivity contribution is 5.56. The van der Waals surface area contributed by atoms with Crippen molar-refractivity contribution in [3.63, 3.8) is 0 Å². The fraction of sp³-hybridized carbons (Fsp3) is 0.385. The van der Waals surface area contributed by atoms with Crippen LogP contribution in [0.15, 0.2) is 23.2 Å². The minimum atomic E-state index is 0.0115. The number of nitrogens with one attached hydrogen (secondary N) is 1. The fourth-order valence-corrected chi connectivity index (χ4v) is 1.26. The largest absolute Gasteiger partial charge is 0.491 e. The van der Waals surface area contributed by atoms with Gasteiger partial charge in [-0.1, -0.05) is 6.07 Å². The minimum Gasteiger partial charge on any atom is -0.491 e. The second-order valence-corrected chi connectivity index (χ2v) is 3.94. The Morgan fingerprint density at radius 2 is 2.24 bits per heavy atom. The standard InChI is InChI=1S/C13H17N3O/c1-10-4-5-13(6-11(10)2)17-7-12(3)16-9-15-8-14/h4-6,9,12H,7H2,1-3H3,(H,15,16)/t12-/m1/s1. The van der Waals surface area contributed by atoms with Crippen molar-refractivity contribution in [1.82, 2.24) is 5.32 Å². The number of aliphatic imine (C=N–C) groups is 1. The Bertz CT molecular complexity index is 435. The smallest absolute Gasteiger partial charge is 0.182 e. The molecule has 4 nitrogen and oxygen atoms in total. The fourth-order valence-electron chi connectivity index (χ4n) is 1.26. The molecule has 0 aliphatic heterocycles. The molecule has 0 unspecified atom stereocenters. The van der Waals surface area contributed by atoms with Gasteiger partial charge < -0.3 is 4.74 Å². The highest BCUT2D eigenvalue weighted by Gasteiger charge is 2.01. The third-order valence-electron chi connectivity index (χ3n) is 2.43. The van der Waals surface area contributed by atoms with Gasteiger partial charge in [0.2, 0.25) is 0 Å². The summed E-state index contributed by atoms with van der Waals surface area (Å²) in [7, 11) is 0. The lowest BCUT2D eigenvalue weighted by Crippen LogP contribution is -2.14. The molecule has 0 aliphatic carbocycles. The van der Waals surface area contributed by atoms with E-state index in [0.717, 1.165) is 5.75 Å². The Morgan fingerprint density at radius 1 is 1.47 bits per heavy atom. The van der Waals surface area contributed by atoms with E-state index in [1.165, 1.54) is 17.5 Å². The summed E-state index contributed by atoms with van der Waals surface area (Å²) in [5.74, 6) is 0.850. The van der Waals surface area contributed by atoms with Gasteiger partial charge in [0.1, 0.15) is 12.4 Å². The zero-order valence-corrected chi connectivity index (χ0v) is 10.4. The zero-order valence-electron chi connectivity index (χ0n) is 10.4. The molecule has 0 radical (unpaired) electrons. The molecule has 4 heteroatoms. The van der Waals surface area contributed by atoms with E-state index in [-0.39, 0.29) is 6.04 Å². The Hall–Kier alpha value is -2.02. The van der Waals surface area contributed by atoms with E-state index in [0.29, 0.717) is 6.61 Å². The minimum absolute atomic E-state index is 0.0115. The predicted molar refractivity (Wildman–Crippen MR) is 68.1 cm³/mol. The summed E-state index contributed by atoms with van der Waals surface area (Å²) in [4.78, 5) is 4.09. The van der Waals surface area contributed by atoms with Gasteiger partial charge in [0.15, 0.2) is 6.19 Å². The van der Waals surface area contributed by atoms with Crippen molar-refractivity contribution < 1.29 is 4.74 Å². The van der Waals surface area contributed by atoms with Gasteiger partial charge in [-0.15, -0.1) is 0 Å². The van der Waals surface area contributed by atoms with Gasteiger partial charge in [-0.2, -0.15) is 5.26 Å². The first-order chi connectivity index (χ1) is 8.13. The van der Waals surface area contributed by atoms with E-state index in [1.807, 2.05) is 25.1 Å². The molecule has 1 atom stereocenters. The van der Waals surface area contributed by atoms with Crippen molar-refractivity contribution in [1.29, 1.82) is 5.26 Å². The van der Waals surface area contributed by atoms with E-state index in [9.17, 15) is 0 Å². The Morgan fingerprint density at radius 3 is 2.88 bits per heavy atom. The molecule has 90 valence electrons. The molecule has 17 heavy (non-hydrogen) atoms. The van der Waals surface area contributed by atoms with E-state index in [1.54, 1.807) is 6.19 Å². The first-order valence-electron chi connectivity index (χ1n) is 5.50. The topological polar surface area (TPSA) is 57.4 Å². The maximum atomic E-state index is 8.26. The van der Waals surface area contributed by atoms with Crippen LogP contribution in [0.3, 0.4) is 0 Å². The molecule has 1 aromatic rings. The summed E-state index contributed by atoms with van der Waals surface area (Å²) in [5, 5.41) is 10.6. The number of nitriles is 1. The zero-order chi connectivity index (χ0) is 12.7. The molecule has 0 heterocycles. The molecule has 1 aromatic carbocycles. The van der Waals surface area contributed by atoms with Crippen molar-refractivity contribution in [2.24, 2.45) is 4.99 Å². The lowest BCUT2D eigenvalue weighted by molar-refractivity contribution is 0.297. The van der Waals surface area contributed by atoms with Gasteiger partial charge in [-0.05, 0) is 44.0 Å². The molecule has 0 bridgehead atoms. The monoisotopic (exact) mass is 231 g/mol. The molecule has 0 fully saturated rings. The van der Waals surface area contributed by atoms with Crippen LogP contribution in [-0.4, -0.2) is 19.0 Å². The highest BCUT2D eigenvalue weighted by Crippen LogP contribution is 2.16. The molecule has 1 N–H and O–H groups in total. The quantitative estimate of drug-likeness (QED) is 0.365. The second kappa shape index (κ2) is 6.54. The van der Waals surface area contributed by atoms with Crippen LogP contribution in [0, 0.1) is 25.3 Å². The normalized spacial score (nSPS) is 12.1. The van der Waals surface area contributed by atoms with Crippen LogP contribution in [0.4, 0.5) is 0 Å². The maximum Gasteiger partial charge on any atom is 0.182 e. The first-order valence-corrected chi connectivity index (χ1v) is 5.50. The first kappa shape index (κ1) is 13.0. The van der Waals surface area contributed by atoms with E-state index < -0.39 is 0 Å². The second-order valence-electron chi connectivity index (χ2n) is 3.94. The predicted octanol–water partition coefficient (Wildman–Crippen LogP) is 2.17. The van der Waals surface area contributed by atoms with Gasteiger partial charge in [-0.25, -0.2) is 0 Å². The van der Waals surface area contributed by atoms with Gasteiger partial charge in [0.25, 0.3) is 0 Å². The summed E-state index contributed by atoms with van der Waals surface area (Å²) >= 11 is 0. The Labute approximate surface area is 102 Å². The average molecular weight is 231 g/mol. The van der Waals surface area contributed by atoms with Crippen LogP contribution >= 0.6 is 0 Å². The molecule has 0 spiro atoms. The molecule has 0 saturated heterocycles. The van der Waals surface area contributed by atoms with Crippen LogP contribution in [0.1, 0.15) is 18.1 Å². The van der Waals surface area contributed by atoms with Crippen LogP contribution in [0.2, 0.25) is 0 Å². The van der Waals surface area contributed by atoms with Crippen LogP contribution < -0.4 is 10.1 Å². The molecule has 0 amide bonds. The number of rotatable bonds is 5. The van der Waals surface area contributed by atoms with Crippen molar-refractivity contribution in [2.75, 3.05) is 6.61 Å². The Kier molecular flexibility index (Phi) is 5.02. The van der Waals surface area contributed by atoms with Crippen molar-refractivity contribution in [2.45, 2.75) is 26.8 Å². The number of hydrogen-bond acceptors (Lipinski definition) is 3. The van der Waals surface area contributed by atoms with Gasteiger partial charge in [-0.3, -0.25) is 10.3 Å². The summed E-state index contributed by atoms with van der Waals surface area (Å²) in [6, 6.07) is 6.01. The highest BCUT2D eigenvalue weighted by atomic mass is 16.5. The molecule has 0 aliphatic rings. The third kappa shape index (κ3) is 4.56. The van der Waals surface area contributed by atoms with Crippen molar-refractivity contribution in [3.8, 4) is 11.9 Å². The number of hydrogen-bond donors (Lipinski definition) is 1. The molecule has 1 rings (SSSR count). The van der Waals surface area contributed by atoms with E-state index in [2.05, 4.69) is 24.2 Å². The maximum absolute atomic E-state index is 8.26. The number of ether oxygens (including phenoxy) is 1. The lowest BCUT2D eigenvalue weighted by Gasteiger charge is -2.10. The third-order valence-corrected chi connectivity index (χ3v) is 2.43. The van der Waals surface area contributed by atoms with Crippen LogP contribution in [0.5, 0.6) is 5.75 Å². The summed E-state index contributed by atoms with van der Waals surface area (Å²) in [5.41, 5.74) is 2.46. The molecular weight excluding hydrogens is 214 g/mol. The van der Waals surface area contributed by atoms with E-state index in [4.69, 9.17) is 10.00 Å². The van der Waals surface area contributed by atoms with Crippen molar-refractivity contribution >= 4 is 6.34 Å². The molecular formula is C13H17N3O. The molecule has 0 aromatic heterocycles. The van der Waals surface area contributed by atoms with Crippen molar-refractivity contribution in [3.05, 3.63) is 29.3 Å². The molecule has 0 saturated carbocycles.